The second-order valence-corrected chi connectivity index (χ2v) is 4.84. The number of benzene rings is 2. The monoisotopic (exact) mass is 260 g/mol. The fourth-order valence-electron chi connectivity index (χ4n) is 1.84. The molecule has 1 atom stereocenters. The second-order valence-electron chi connectivity index (χ2n) is 4.43. The summed E-state index contributed by atoms with van der Waals surface area (Å²) in [6.45, 7) is 3.03. The quantitative estimate of drug-likeness (QED) is 0.811. The summed E-state index contributed by atoms with van der Waals surface area (Å²) in [5, 5.41) is 4.01. The van der Waals surface area contributed by atoms with Crippen molar-refractivity contribution in [2.24, 2.45) is 0 Å². The Labute approximate surface area is 113 Å². The molecule has 0 amide bonds. The summed E-state index contributed by atoms with van der Waals surface area (Å²) in [7, 11) is 0. The first-order valence-corrected chi connectivity index (χ1v) is 6.38. The predicted octanol–water partition coefficient (Wildman–Crippen LogP) is 4.14. The van der Waals surface area contributed by atoms with Gasteiger partial charge in [0.25, 0.3) is 0 Å². The van der Waals surface area contributed by atoms with Gasteiger partial charge in [-0.25, -0.2) is 0 Å². The summed E-state index contributed by atoms with van der Waals surface area (Å²) in [4.78, 5) is 0. The number of nitrogen functional groups attached to an aromatic ring is 1. The van der Waals surface area contributed by atoms with Gasteiger partial charge in [-0.15, -0.1) is 0 Å². The molecule has 0 saturated carbocycles. The fraction of sp³-hybridized carbons (Fsp3) is 0.200. The Hall–Kier alpha value is -1.67. The summed E-state index contributed by atoms with van der Waals surface area (Å²) < 4.78 is 0. The van der Waals surface area contributed by atoms with Gasteiger partial charge in [0.2, 0.25) is 0 Å². The van der Waals surface area contributed by atoms with Gasteiger partial charge in [0.15, 0.2) is 0 Å². The van der Waals surface area contributed by atoms with Crippen LogP contribution in [-0.2, 0) is 0 Å². The van der Waals surface area contributed by atoms with E-state index in [-0.39, 0.29) is 0 Å². The van der Waals surface area contributed by atoms with Gasteiger partial charge in [-0.2, -0.15) is 0 Å². The number of hydrogen-bond acceptors (Lipinski definition) is 2. The normalized spacial score (nSPS) is 12.1. The summed E-state index contributed by atoms with van der Waals surface area (Å²) in [6, 6.07) is 15.9. The van der Waals surface area contributed by atoms with E-state index in [1.165, 1.54) is 5.56 Å². The molecule has 2 aromatic carbocycles. The van der Waals surface area contributed by atoms with Gasteiger partial charge in [-0.1, -0.05) is 48.9 Å². The molecule has 0 aliphatic heterocycles. The molecule has 0 heterocycles. The van der Waals surface area contributed by atoms with Crippen LogP contribution in [0.5, 0.6) is 0 Å². The van der Waals surface area contributed by atoms with Crippen LogP contribution in [0.15, 0.2) is 48.5 Å². The molecule has 0 saturated heterocycles. The second kappa shape index (κ2) is 5.78. The number of anilines is 2. The van der Waals surface area contributed by atoms with Crippen LogP contribution in [-0.4, -0.2) is 6.54 Å². The summed E-state index contributed by atoms with van der Waals surface area (Å²) in [5.41, 5.74) is 8.59. The van der Waals surface area contributed by atoms with E-state index in [2.05, 4.69) is 36.5 Å². The molecule has 2 aromatic rings. The van der Waals surface area contributed by atoms with Crippen LogP contribution in [0, 0.1) is 0 Å². The Kier molecular flexibility index (Phi) is 4.11. The predicted molar refractivity (Wildman–Crippen MR) is 79.2 cm³/mol. The number of nitrogens with one attached hydrogen (secondary N) is 1. The first kappa shape index (κ1) is 12.8. The van der Waals surface area contributed by atoms with Crippen molar-refractivity contribution in [1.82, 2.24) is 0 Å². The SMILES string of the molecule is CC(CNc1ccc(N)cc1Cl)c1ccccc1. The molecule has 3 heteroatoms. The van der Waals surface area contributed by atoms with Crippen LogP contribution in [0.3, 0.4) is 0 Å². The zero-order chi connectivity index (χ0) is 13.0. The van der Waals surface area contributed by atoms with E-state index in [0.717, 1.165) is 12.2 Å². The molecule has 2 nitrogen and oxygen atoms in total. The van der Waals surface area contributed by atoms with Gasteiger partial charge in [0.05, 0.1) is 10.7 Å². The van der Waals surface area contributed by atoms with E-state index in [4.69, 9.17) is 17.3 Å². The smallest absolute Gasteiger partial charge is 0.0657 e. The van der Waals surface area contributed by atoms with Crippen LogP contribution in [0.4, 0.5) is 11.4 Å². The highest BCUT2D eigenvalue weighted by molar-refractivity contribution is 6.33. The average molecular weight is 261 g/mol. The lowest BCUT2D eigenvalue weighted by atomic mass is 10.0. The van der Waals surface area contributed by atoms with Crippen LogP contribution in [0.2, 0.25) is 5.02 Å². The van der Waals surface area contributed by atoms with Crippen molar-refractivity contribution >= 4 is 23.0 Å². The van der Waals surface area contributed by atoms with Gasteiger partial charge >= 0.3 is 0 Å². The Morgan fingerprint density at radius 1 is 1.17 bits per heavy atom. The molecule has 18 heavy (non-hydrogen) atoms. The molecule has 0 aromatic heterocycles. The van der Waals surface area contributed by atoms with E-state index < -0.39 is 0 Å². The van der Waals surface area contributed by atoms with Crippen molar-refractivity contribution in [2.45, 2.75) is 12.8 Å². The van der Waals surface area contributed by atoms with Crippen molar-refractivity contribution in [3.63, 3.8) is 0 Å². The molecule has 0 fully saturated rings. The van der Waals surface area contributed by atoms with E-state index >= 15 is 0 Å². The van der Waals surface area contributed by atoms with Crippen LogP contribution in [0.25, 0.3) is 0 Å². The zero-order valence-electron chi connectivity index (χ0n) is 10.4. The molecule has 0 radical (unpaired) electrons. The molecule has 0 aliphatic carbocycles. The van der Waals surface area contributed by atoms with Gasteiger partial charge < -0.3 is 11.1 Å². The first-order valence-electron chi connectivity index (χ1n) is 6.00. The van der Waals surface area contributed by atoms with E-state index in [1.54, 1.807) is 6.07 Å². The number of nitrogens with two attached hydrogens (primary N) is 1. The first-order chi connectivity index (χ1) is 8.66. The molecule has 2 rings (SSSR count). The topological polar surface area (TPSA) is 38.0 Å². The molecule has 94 valence electrons. The molecule has 3 N–H and O–H groups in total. The van der Waals surface area contributed by atoms with E-state index in [9.17, 15) is 0 Å². The van der Waals surface area contributed by atoms with Crippen LogP contribution in [0.1, 0.15) is 18.4 Å². The fourth-order valence-corrected chi connectivity index (χ4v) is 2.09. The minimum atomic E-state index is 0.430. The highest BCUT2D eigenvalue weighted by Crippen LogP contribution is 2.25. The third-order valence-electron chi connectivity index (χ3n) is 2.96. The lowest BCUT2D eigenvalue weighted by Crippen LogP contribution is -2.10. The Morgan fingerprint density at radius 3 is 2.56 bits per heavy atom. The number of rotatable bonds is 4. The maximum absolute atomic E-state index is 6.12. The highest BCUT2D eigenvalue weighted by Gasteiger charge is 2.06. The van der Waals surface area contributed by atoms with Gasteiger partial charge in [-0.05, 0) is 29.7 Å². The minimum absolute atomic E-state index is 0.430. The van der Waals surface area contributed by atoms with E-state index in [1.807, 2.05) is 18.2 Å². The lowest BCUT2D eigenvalue weighted by molar-refractivity contribution is 0.805. The Balaban J connectivity index is 1.99. The third kappa shape index (κ3) is 3.17. The molecular formula is C15H17ClN2. The van der Waals surface area contributed by atoms with Gasteiger partial charge in [0, 0.05) is 12.2 Å². The largest absolute Gasteiger partial charge is 0.399 e. The van der Waals surface area contributed by atoms with Crippen LogP contribution < -0.4 is 11.1 Å². The number of hydrogen-bond donors (Lipinski definition) is 2. The maximum Gasteiger partial charge on any atom is 0.0657 e. The summed E-state index contributed by atoms with van der Waals surface area (Å²) in [6.07, 6.45) is 0. The van der Waals surface area contributed by atoms with Gasteiger partial charge in [0.1, 0.15) is 0 Å². The van der Waals surface area contributed by atoms with Crippen LogP contribution >= 0.6 is 11.6 Å². The highest BCUT2D eigenvalue weighted by atomic mass is 35.5. The molecular weight excluding hydrogens is 244 g/mol. The number of halogens is 1. The lowest BCUT2D eigenvalue weighted by Gasteiger charge is -2.15. The van der Waals surface area contributed by atoms with Crippen molar-refractivity contribution in [1.29, 1.82) is 0 Å². The Morgan fingerprint density at radius 2 is 1.89 bits per heavy atom. The van der Waals surface area contributed by atoms with Gasteiger partial charge in [-0.3, -0.25) is 0 Å². The molecule has 1 unspecified atom stereocenters. The third-order valence-corrected chi connectivity index (χ3v) is 3.27. The zero-order valence-corrected chi connectivity index (χ0v) is 11.1. The molecule has 0 aliphatic rings. The van der Waals surface area contributed by atoms with Crippen molar-refractivity contribution < 1.29 is 0 Å². The van der Waals surface area contributed by atoms with Crippen molar-refractivity contribution in [3.8, 4) is 0 Å². The minimum Gasteiger partial charge on any atom is -0.399 e. The van der Waals surface area contributed by atoms with E-state index in [0.29, 0.717) is 16.6 Å². The molecule has 0 bridgehead atoms. The standard InChI is InChI=1S/C15H17ClN2/c1-11(12-5-3-2-4-6-12)10-18-15-8-7-13(17)9-14(15)16/h2-9,11,18H,10,17H2,1H3. The summed E-state index contributed by atoms with van der Waals surface area (Å²) in [5.74, 6) is 0.430. The maximum atomic E-state index is 6.12. The van der Waals surface area contributed by atoms with Crippen molar-refractivity contribution in [3.05, 3.63) is 59.1 Å². The average Bonchev–Trinajstić information content (AvgIpc) is 2.38. The summed E-state index contributed by atoms with van der Waals surface area (Å²) >= 11 is 6.12. The Bertz CT molecular complexity index is 511. The molecule has 0 spiro atoms. The van der Waals surface area contributed by atoms with Crippen molar-refractivity contribution in [2.75, 3.05) is 17.6 Å².